The van der Waals surface area contributed by atoms with Crippen LogP contribution < -0.4 is 4.74 Å². The number of aromatic nitrogens is 3. The quantitative estimate of drug-likeness (QED) is 0.219. The van der Waals surface area contributed by atoms with Crippen molar-refractivity contribution < 1.29 is 32.2 Å². The van der Waals surface area contributed by atoms with Crippen LogP contribution in [0, 0.1) is 0 Å². The average Bonchev–Trinajstić information content (AvgIpc) is 3.53. The molecule has 0 aliphatic carbocycles. The molecule has 7 nitrogen and oxygen atoms in total. The van der Waals surface area contributed by atoms with E-state index >= 15 is 0 Å². The molecule has 0 atom stereocenters. The SMILES string of the molecule is O=C(O)Cn1cncc1CCCCc1ccc(OCc2coc(/C=C/c3ccc(C(F)(F)F)cc3)n2)cc1. The monoisotopic (exact) mass is 525 g/mol. The zero-order valence-electron chi connectivity index (χ0n) is 20.4. The number of carboxylic acids is 1. The maximum Gasteiger partial charge on any atom is 0.416 e. The standard InChI is InChI=1S/C28H26F3N3O4/c29-28(30,31)22-10-5-21(6-11-22)9-14-26-33-23(18-38-26)17-37-25-12-7-20(8-13-25)3-1-2-4-24-15-32-19-34(24)16-27(35)36/h5-15,18-19H,1-4,16-17H2,(H,35,36)/b14-9+. The lowest BCUT2D eigenvalue weighted by atomic mass is 10.1. The van der Waals surface area contributed by atoms with Gasteiger partial charge in [0.25, 0.3) is 0 Å². The maximum atomic E-state index is 12.7. The lowest BCUT2D eigenvalue weighted by molar-refractivity contribution is -0.138. The van der Waals surface area contributed by atoms with Gasteiger partial charge < -0.3 is 18.8 Å². The molecule has 4 aromatic rings. The first-order chi connectivity index (χ1) is 18.3. The summed E-state index contributed by atoms with van der Waals surface area (Å²) < 4.78 is 50.8. The Balaban J connectivity index is 1.19. The van der Waals surface area contributed by atoms with Gasteiger partial charge in [-0.25, -0.2) is 9.97 Å². The first-order valence-corrected chi connectivity index (χ1v) is 12.0. The normalized spacial score (nSPS) is 11.8. The fraction of sp³-hybridized carbons (Fsp3) is 0.250. The highest BCUT2D eigenvalue weighted by Crippen LogP contribution is 2.29. The minimum atomic E-state index is -4.36. The second kappa shape index (κ2) is 12.3. The van der Waals surface area contributed by atoms with Crippen LogP contribution in [-0.2, 0) is 37.0 Å². The van der Waals surface area contributed by atoms with E-state index in [-0.39, 0.29) is 13.2 Å². The van der Waals surface area contributed by atoms with E-state index in [4.69, 9.17) is 14.3 Å². The number of unbranched alkanes of at least 4 members (excludes halogenated alkanes) is 1. The van der Waals surface area contributed by atoms with E-state index < -0.39 is 17.7 Å². The van der Waals surface area contributed by atoms with Crippen LogP contribution in [0.4, 0.5) is 13.2 Å². The molecule has 2 aromatic heterocycles. The average molecular weight is 526 g/mol. The summed E-state index contributed by atoms with van der Waals surface area (Å²) in [5, 5.41) is 8.95. The minimum Gasteiger partial charge on any atom is -0.487 e. The number of oxazole rings is 1. The summed E-state index contributed by atoms with van der Waals surface area (Å²) in [4.78, 5) is 19.2. The fourth-order valence-electron chi connectivity index (χ4n) is 3.81. The molecule has 38 heavy (non-hydrogen) atoms. The summed E-state index contributed by atoms with van der Waals surface area (Å²) in [5.41, 5.74) is 2.58. The van der Waals surface area contributed by atoms with Crippen LogP contribution in [0.5, 0.6) is 5.75 Å². The van der Waals surface area contributed by atoms with Gasteiger partial charge in [-0.1, -0.05) is 24.3 Å². The van der Waals surface area contributed by atoms with Gasteiger partial charge in [-0.15, -0.1) is 0 Å². The highest BCUT2D eigenvalue weighted by molar-refractivity contribution is 5.66. The van der Waals surface area contributed by atoms with Gasteiger partial charge in [0, 0.05) is 18.0 Å². The number of hydrogen-bond donors (Lipinski definition) is 1. The number of benzene rings is 2. The van der Waals surface area contributed by atoms with E-state index in [9.17, 15) is 18.0 Å². The van der Waals surface area contributed by atoms with Crippen LogP contribution >= 0.6 is 0 Å². The maximum absolute atomic E-state index is 12.7. The van der Waals surface area contributed by atoms with Gasteiger partial charge in [0.2, 0.25) is 5.89 Å². The highest BCUT2D eigenvalue weighted by Gasteiger charge is 2.29. The molecular formula is C28H26F3N3O4. The summed E-state index contributed by atoms with van der Waals surface area (Å²) in [7, 11) is 0. The van der Waals surface area contributed by atoms with E-state index in [2.05, 4.69) is 9.97 Å². The Bertz CT molecular complexity index is 1360. The number of halogens is 3. The number of ether oxygens (including phenoxy) is 1. The van der Waals surface area contributed by atoms with Crippen molar-refractivity contribution in [1.29, 1.82) is 0 Å². The number of alkyl halides is 3. The molecule has 10 heteroatoms. The highest BCUT2D eigenvalue weighted by atomic mass is 19.4. The van der Waals surface area contributed by atoms with Crippen molar-refractivity contribution in [3.63, 3.8) is 0 Å². The molecular weight excluding hydrogens is 499 g/mol. The second-order valence-corrected chi connectivity index (χ2v) is 8.68. The molecule has 0 radical (unpaired) electrons. The van der Waals surface area contributed by atoms with Gasteiger partial charge in [0.05, 0.1) is 11.9 Å². The van der Waals surface area contributed by atoms with Crippen molar-refractivity contribution >= 4 is 18.1 Å². The van der Waals surface area contributed by atoms with Gasteiger partial charge >= 0.3 is 12.1 Å². The van der Waals surface area contributed by atoms with Crippen LogP contribution in [0.25, 0.3) is 12.2 Å². The predicted octanol–water partition coefficient (Wildman–Crippen LogP) is 6.29. The van der Waals surface area contributed by atoms with Crippen molar-refractivity contribution in [2.45, 2.75) is 45.0 Å². The van der Waals surface area contributed by atoms with E-state index in [0.29, 0.717) is 22.9 Å². The van der Waals surface area contributed by atoms with Crippen LogP contribution in [0.3, 0.4) is 0 Å². The van der Waals surface area contributed by atoms with Gasteiger partial charge in [-0.3, -0.25) is 4.79 Å². The molecule has 0 bridgehead atoms. The number of nitrogens with zero attached hydrogens (tertiary/aromatic N) is 3. The Morgan fingerprint density at radius 1 is 1.03 bits per heavy atom. The molecule has 0 amide bonds. The number of aliphatic carboxylic acids is 1. The molecule has 2 heterocycles. The Morgan fingerprint density at radius 2 is 1.76 bits per heavy atom. The third-order valence-electron chi connectivity index (χ3n) is 5.79. The number of carbonyl (C=O) groups is 1. The van der Waals surface area contributed by atoms with E-state index in [1.165, 1.54) is 24.0 Å². The molecule has 2 aromatic carbocycles. The summed E-state index contributed by atoms with van der Waals surface area (Å²) in [6.07, 6.45) is 7.12. The number of rotatable bonds is 12. The second-order valence-electron chi connectivity index (χ2n) is 8.68. The third kappa shape index (κ3) is 7.83. The van der Waals surface area contributed by atoms with Crippen LogP contribution in [0.1, 0.15) is 46.8 Å². The molecule has 1 N–H and O–H groups in total. The van der Waals surface area contributed by atoms with Crippen molar-refractivity contribution in [3.8, 4) is 5.75 Å². The Hall–Kier alpha value is -4.34. The lowest BCUT2D eigenvalue weighted by Crippen LogP contribution is -2.10. The van der Waals surface area contributed by atoms with Gasteiger partial charge in [0.15, 0.2) is 0 Å². The Kier molecular flexibility index (Phi) is 8.62. The van der Waals surface area contributed by atoms with Crippen molar-refractivity contribution in [3.05, 3.63) is 101 Å². The van der Waals surface area contributed by atoms with E-state index in [0.717, 1.165) is 43.5 Å². The number of carboxylic acid groups (broad SMARTS) is 1. The van der Waals surface area contributed by atoms with E-state index in [1.807, 2.05) is 24.3 Å². The fourth-order valence-corrected chi connectivity index (χ4v) is 3.81. The molecule has 0 fully saturated rings. The largest absolute Gasteiger partial charge is 0.487 e. The molecule has 0 aliphatic heterocycles. The predicted molar refractivity (Wildman–Crippen MR) is 134 cm³/mol. The van der Waals surface area contributed by atoms with Crippen molar-refractivity contribution in [2.75, 3.05) is 0 Å². The minimum absolute atomic E-state index is 0.0775. The number of aryl methyl sites for hydroxylation is 2. The van der Waals surface area contributed by atoms with Crippen molar-refractivity contribution in [2.24, 2.45) is 0 Å². The smallest absolute Gasteiger partial charge is 0.416 e. The zero-order valence-corrected chi connectivity index (χ0v) is 20.4. The first-order valence-electron chi connectivity index (χ1n) is 12.0. The summed E-state index contributed by atoms with van der Waals surface area (Å²) >= 11 is 0. The van der Waals surface area contributed by atoms with Crippen LogP contribution in [-0.4, -0.2) is 25.6 Å². The van der Waals surface area contributed by atoms with E-state index in [1.54, 1.807) is 29.2 Å². The van der Waals surface area contributed by atoms with Crippen molar-refractivity contribution in [1.82, 2.24) is 14.5 Å². The molecule has 198 valence electrons. The lowest BCUT2D eigenvalue weighted by Gasteiger charge is -2.07. The molecule has 0 unspecified atom stereocenters. The van der Waals surface area contributed by atoms with Gasteiger partial charge in [-0.05, 0) is 67.2 Å². The first kappa shape index (κ1) is 26.7. The van der Waals surface area contributed by atoms with Crippen LogP contribution in [0.2, 0.25) is 0 Å². The molecule has 0 spiro atoms. The summed E-state index contributed by atoms with van der Waals surface area (Å²) in [5.74, 6) is 0.130. The van der Waals surface area contributed by atoms with Gasteiger partial charge in [0.1, 0.15) is 30.9 Å². The molecule has 4 rings (SSSR count). The summed E-state index contributed by atoms with van der Waals surface area (Å²) in [6.45, 7) is 0.132. The molecule has 0 aliphatic rings. The molecule has 0 saturated heterocycles. The Morgan fingerprint density at radius 3 is 2.47 bits per heavy atom. The summed E-state index contributed by atoms with van der Waals surface area (Å²) in [6, 6.07) is 12.6. The number of hydrogen-bond acceptors (Lipinski definition) is 5. The van der Waals surface area contributed by atoms with Crippen LogP contribution in [0.15, 0.2) is 71.7 Å². The molecule has 0 saturated carbocycles. The zero-order chi connectivity index (χ0) is 27.0. The third-order valence-corrected chi connectivity index (χ3v) is 5.79. The Labute approximate surface area is 217 Å². The van der Waals surface area contributed by atoms with Gasteiger partial charge in [-0.2, -0.15) is 13.2 Å². The topological polar surface area (TPSA) is 90.4 Å². The number of imidazole rings is 1.